The van der Waals surface area contributed by atoms with Crippen molar-refractivity contribution in [1.82, 2.24) is 9.62 Å². The van der Waals surface area contributed by atoms with Crippen LogP contribution in [0.25, 0.3) is 0 Å². The molecular formula is C15H13ClF3N3O4S2. The molecule has 2 aromatic rings. The van der Waals surface area contributed by atoms with Crippen molar-refractivity contribution in [3.63, 3.8) is 0 Å². The number of nitrogens with zero attached hydrogens (tertiary/aromatic N) is 1. The van der Waals surface area contributed by atoms with Crippen LogP contribution >= 0.6 is 22.9 Å². The number of nitrogens with one attached hydrogen (secondary N) is 2. The molecule has 0 radical (unpaired) electrons. The molecule has 1 aromatic carbocycles. The first-order valence-electron chi connectivity index (χ1n) is 7.44. The largest absolute Gasteiger partial charge is 0.346 e. The molecule has 7 nitrogen and oxygen atoms in total. The van der Waals surface area contributed by atoms with Crippen LogP contribution in [0.1, 0.15) is 0 Å². The third-order valence-corrected chi connectivity index (χ3v) is 6.84. The summed E-state index contributed by atoms with van der Waals surface area (Å²) < 4.78 is 65.0. The smallest absolute Gasteiger partial charge is 0.252 e. The Labute approximate surface area is 167 Å². The number of thiophene rings is 1. The number of anilines is 1. The number of rotatable bonds is 7. The molecule has 0 unspecified atom stereocenters. The standard InChI is InChI=1S/C15H13ClF3N3O4S2/c1-22(28(25,26)13-5-4-10(16)27-13)7-12(24)20-6-11(23)21-9-3-2-8(17)14(18)15(9)19/h2-5H,6-7H2,1H3,(H,20,24)(H,21,23). The van der Waals surface area contributed by atoms with Crippen LogP contribution in [-0.2, 0) is 19.6 Å². The number of amides is 2. The highest BCUT2D eigenvalue weighted by Crippen LogP contribution is 2.27. The van der Waals surface area contributed by atoms with Crippen molar-refractivity contribution in [2.24, 2.45) is 0 Å². The summed E-state index contributed by atoms with van der Waals surface area (Å²) in [4.78, 5) is 23.6. The normalized spacial score (nSPS) is 11.5. The zero-order chi connectivity index (χ0) is 21.1. The molecule has 0 atom stereocenters. The first-order valence-corrected chi connectivity index (χ1v) is 10.1. The summed E-state index contributed by atoms with van der Waals surface area (Å²) in [7, 11) is -2.77. The van der Waals surface area contributed by atoms with E-state index < -0.39 is 58.1 Å². The molecule has 2 rings (SSSR count). The Balaban J connectivity index is 1.90. The molecular weight excluding hydrogens is 443 g/mol. The number of likely N-dealkylation sites (N-methyl/N-ethyl adjacent to an activating group) is 1. The van der Waals surface area contributed by atoms with E-state index in [0.717, 1.165) is 21.7 Å². The van der Waals surface area contributed by atoms with Crippen molar-refractivity contribution in [2.75, 3.05) is 25.5 Å². The first-order chi connectivity index (χ1) is 13.0. The Morgan fingerprint density at radius 3 is 2.39 bits per heavy atom. The second kappa shape index (κ2) is 8.90. The SMILES string of the molecule is CN(CC(=O)NCC(=O)Nc1ccc(F)c(F)c1F)S(=O)(=O)c1ccc(Cl)s1. The molecule has 0 aliphatic carbocycles. The zero-order valence-electron chi connectivity index (χ0n) is 14.1. The molecule has 0 bridgehead atoms. The lowest BCUT2D eigenvalue weighted by atomic mass is 10.2. The highest BCUT2D eigenvalue weighted by molar-refractivity contribution is 7.91. The van der Waals surface area contributed by atoms with E-state index in [2.05, 4.69) is 5.32 Å². The molecule has 28 heavy (non-hydrogen) atoms. The van der Waals surface area contributed by atoms with Gasteiger partial charge in [0.25, 0.3) is 10.0 Å². The molecule has 0 aliphatic rings. The maximum atomic E-state index is 13.5. The Hall–Kier alpha value is -2.15. The third-order valence-electron chi connectivity index (χ3n) is 3.33. The number of hydrogen-bond acceptors (Lipinski definition) is 5. The lowest BCUT2D eigenvalue weighted by molar-refractivity contribution is -0.124. The van der Waals surface area contributed by atoms with Crippen LogP contribution in [0.5, 0.6) is 0 Å². The maximum Gasteiger partial charge on any atom is 0.252 e. The van der Waals surface area contributed by atoms with Gasteiger partial charge in [-0.25, -0.2) is 21.6 Å². The van der Waals surface area contributed by atoms with Crippen LogP contribution in [0.2, 0.25) is 4.34 Å². The number of sulfonamides is 1. The molecule has 0 aliphatic heterocycles. The second-order valence-corrected chi connectivity index (χ2v) is 9.35. The molecule has 152 valence electrons. The lowest BCUT2D eigenvalue weighted by Crippen LogP contribution is -2.41. The number of carbonyl (C=O) groups is 2. The molecule has 0 fully saturated rings. The van der Waals surface area contributed by atoms with Gasteiger partial charge in [-0.2, -0.15) is 4.31 Å². The summed E-state index contributed by atoms with van der Waals surface area (Å²) in [6, 6.07) is 4.14. The summed E-state index contributed by atoms with van der Waals surface area (Å²) in [5, 5.41) is 4.10. The van der Waals surface area contributed by atoms with Crippen molar-refractivity contribution in [1.29, 1.82) is 0 Å². The average molecular weight is 456 g/mol. The van der Waals surface area contributed by atoms with Crippen LogP contribution in [0.3, 0.4) is 0 Å². The summed E-state index contributed by atoms with van der Waals surface area (Å²) in [6.07, 6.45) is 0. The van der Waals surface area contributed by atoms with Crippen LogP contribution in [0.15, 0.2) is 28.5 Å². The minimum Gasteiger partial charge on any atom is -0.346 e. The number of hydrogen-bond donors (Lipinski definition) is 2. The topological polar surface area (TPSA) is 95.6 Å². The van der Waals surface area contributed by atoms with Gasteiger partial charge in [0.1, 0.15) is 4.21 Å². The van der Waals surface area contributed by atoms with Gasteiger partial charge in [0, 0.05) is 7.05 Å². The fourth-order valence-corrected chi connectivity index (χ4v) is 4.75. The van der Waals surface area contributed by atoms with E-state index in [1.54, 1.807) is 0 Å². The molecule has 0 spiro atoms. The molecule has 1 heterocycles. The number of benzene rings is 1. The lowest BCUT2D eigenvalue weighted by Gasteiger charge is -2.15. The monoisotopic (exact) mass is 455 g/mol. The van der Waals surface area contributed by atoms with E-state index in [0.29, 0.717) is 6.07 Å². The molecule has 0 saturated heterocycles. The van der Waals surface area contributed by atoms with Crippen molar-refractivity contribution in [3.05, 3.63) is 46.1 Å². The average Bonchev–Trinajstić information content (AvgIpc) is 3.07. The minimum absolute atomic E-state index is 0.0562. The van der Waals surface area contributed by atoms with E-state index >= 15 is 0 Å². The highest BCUT2D eigenvalue weighted by Gasteiger charge is 2.25. The highest BCUT2D eigenvalue weighted by atomic mass is 35.5. The quantitative estimate of drug-likeness (QED) is 0.626. The van der Waals surface area contributed by atoms with Crippen LogP contribution in [-0.4, -0.2) is 44.7 Å². The molecule has 1 aromatic heterocycles. The summed E-state index contributed by atoms with van der Waals surface area (Å²) in [6.45, 7) is -1.24. The summed E-state index contributed by atoms with van der Waals surface area (Å²) in [5.41, 5.74) is -0.604. The van der Waals surface area contributed by atoms with Crippen molar-refractivity contribution < 1.29 is 31.2 Å². The van der Waals surface area contributed by atoms with Gasteiger partial charge < -0.3 is 10.6 Å². The Morgan fingerprint density at radius 1 is 1.11 bits per heavy atom. The second-order valence-electron chi connectivity index (χ2n) is 5.37. The number of halogens is 4. The minimum atomic E-state index is -3.94. The summed E-state index contributed by atoms with van der Waals surface area (Å²) >= 11 is 6.52. The van der Waals surface area contributed by atoms with E-state index in [-0.39, 0.29) is 8.55 Å². The predicted octanol–water partition coefficient (Wildman–Crippen LogP) is 2.19. The van der Waals surface area contributed by atoms with E-state index in [9.17, 15) is 31.2 Å². The molecule has 13 heteroatoms. The zero-order valence-corrected chi connectivity index (χ0v) is 16.5. The first kappa shape index (κ1) is 22.1. The molecule has 2 amide bonds. The van der Waals surface area contributed by atoms with Gasteiger partial charge >= 0.3 is 0 Å². The van der Waals surface area contributed by atoms with Crippen LogP contribution in [0, 0.1) is 17.5 Å². The van der Waals surface area contributed by atoms with E-state index in [1.807, 2.05) is 5.32 Å². The van der Waals surface area contributed by atoms with Gasteiger partial charge in [-0.05, 0) is 24.3 Å². The van der Waals surface area contributed by atoms with Gasteiger partial charge in [0.05, 0.1) is 23.1 Å². The van der Waals surface area contributed by atoms with E-state index in [4.69, 9.17) is 11.6 Å². The molecule has 0 saturated carbocycles. The fourth-order valence-electron chi connectivity index (χ4n) is 1.93. The van der Waals surface area contributed by atoms with Crippen molar-refractivity contribution in [2.45, 2.75) is 4.21 Å². The van der Waals surface area contributed by atoms with Crippen molar-refractivity contribution >= 4 is 50.5 Å². The Kier molecular flexibility index (Phi) is 7.04. The number of carbonyl (C=O) groups excluding carboxylic acids is 2. The van der Waals surface area contributed by atoms with Gasteiger partial charge in [0.2, 0.25) is 11.8 Å². The van der Waals surface area contributed by atoms with Gasteiger partial charge in [-0.3, -0.25) is 9.59 Å². The van der Waals surface area contributed by atoms with Crippen LogP contribution in [0.4, 0.5) is 18.9 Å². The van der Waals surface area contributed by atoms with Gasteiger partial charge in [-0.15, -0.1) is 11.3 Å². The van der Waals surface area contributed by atoms with Crippen LogP contribution < -0.4 is 10.6 Å². The Morgan fingerprint density at radius 2 is 1.79 bits per heavy atom. The maximum absolute atomic E-state index is 13.5. The van der Waals surface area contributed by atoms with Gasteiger partial charge in [-0.1, -0.05) is 11.6 Å². The third kappa shape index (κ3) is 5.22. The van der Waals surface area contributed by atoms with Crippen molar-refractivity contribution in [3.8, 4) is 0 Å². The fraction of sp³-hybridized carbons (Fsp3) is 0.200. The van der Waals surface area contributed by atoms with E-state index in [1.165, 1.54) is 19.2 Å². The predicted molar refractivity (Wildman–Crippen MR) is 97.1 cm³/mol. The summed E-state index contributed by atoms with van der Waals surface area (Å²) in [5.74, 6) is -6.48. The van der Waals surface area contributed by atoms with Gasteiger partial charge in [0.15, 0.2) is 17.5 Å². The molecule has 2 N–H and O–H groups in total. The Bertz CT molecular complexity index is 1010.